The maximum atomic E-state index is 12.3. The molecule has 100 valence electrons. The normalized spacial score (nSPS) is 21.5. The lowest BCUT2D eigenvalue weighted by Crippen LogP contribution is -2.66. The maximum absolute atomic E-state index is 12.3. The van der Waals surface area contributed by atoms with Gasteiger partial charge in [-0.3, -0.25) is 19.8 Å². The zero-order valence-electron chi connectivity index (χ0n) is 10.3. The summed E-state index contributed by atoms with van der Waals surface area (Å²) in [6, 6.07) is -0.618. The number of nitrogens with zero attached hydrogens (tertiary/aromatic N) is 3. The molecule has 1 saturated heterocycles. The molecule has 0 aromatic carbocycles. The Labute approximate surface area is 109 Å². The molecule has 1 N–H and O–H groups in total. The number of carbonyl (C=O) groups is 3. The van der Waals surface area contributed by atoms with Crippen molar-refractivity contribution in [2.45, 2.75) is 25.8 Å². The van der Waals surface area contributed by atoms with Gasteiger partial charge in [0.25, 0.3) is 0 Å². The highest BCUT2D eigenvalue weighted by Crippen LogP contribution is 2.44. The molecule has 0 unspecified atom stereocenters. The van der Waals surface area contributed by atoms with E-state index >= 15 is 0 Å². The van der Waals surface area contributed by atoms with Gasteiger partial charge in [-0.05, 0) is 12.8 Å². The second kappa shape index (κ2) is 4.18. The quantitative estimate of drug-likeness (QED) is 0.785. The molecule has 19 heavy (non-hydrogen) atoms. The van der Waals surface area contributed by atoms with Crippen molar-refractivity contribution < 1.29 is 14.4 Å². The lowest BCUT2D eigenvalue weighted by Gasteiger charge is -2.44. The first kappa shape index (κ1) is 11.9. The fourth-order valence-corrected chi connectivity index (χ4v) is 2.54. The van der Waals surface area contributed by atoms with Crippen molar-refractivity contribution in [1.29, 1.82) is 0 Å². The van der Waals surface area contributed by atoms with Gasteiger partial charge in [-0.15, -0.1) is 0 Å². The minimum Gasteiger partial charge on any atom is -0.336 e. The number of aromatic nitrogens is 2. The van der Waals surface area contributed by atoms with Gasteiger partial charge in [0.05, 0.1) is 6.33 Å². The van der Waals surface area contributed by atoms with E-state index < -0.39 is 17.4 Å². The van der Waals surface area contributed by atoms with Crippen LogP contribution in [0.15, 0.2) is 18.7 Å². The van der Waals surface area contributed by atoms with E-state index in [1.807, 2.05) is 0 Å². The summed E-state index contributed by atoms with van der Waals surface area (Å²) < 4.78 is 1.78. The monoisotopic (exact) mass is 262 g/mol. The van der Waals surface area contributed by atoms with Crippen LogP contribution in [-0.2, 0) is 16.1 Å². The van der Waals surface area contributed by atoms with E-state index in [1.54, 1.807) is 23.3 Å². The first-order valence-corrected chi connectivity index (χ1v) is 6.27. The van der Waals surface area contributed by atoms with Crippen LogP contribution in [0, 0.1) is 5.41 Å². The third-order valence-electron chi connectivity index (χ3n) is 3.90. The Balaban J connectivity index is 1.74. The summed E-state index contributed by atoms with van der Waals surface area (Å²) in [6.07, 6.45) is 6.93. The van der Waals surface area contributed by atoms with Crippen molar-refractivity contribution in [3.8, 4) is 0 Å². The Hall–Kier alpha value is -2.18. The summed E-state index contributed by atoms with van der Waals surface area (Å²) in [4.78, 5) is 40.9. The van der Waals surface area contributed by atoms with Crippen molar-refractivity contribution >= 4 is 17.8 Å². The van der Waals surface area contributed by atoms with E-state index in [1.165, 1.54) is 0 Å². The van der Waals surface area contributed by atoms with Gasteiger partial charge in [0, 0.05) is 25.5 Å². The highest BCUT2D eigenvalue weighted by atomic mass is 16.2. The predicted octanol–water partition coefficient (Wildman–Crippen LogP) is 0.132. The number of rotatable bonds is 3. The van der Waals surface area contributed by atoms with Crippen LogP contribution < -0.4 is 5.32 Å². The van der Waals surface area contributed by atoms with Crippen LogP contribution in [0.2, 0.25) is 0 Å². The van der Waals surface area contributed by atoms with E-state index in [9.17, 15) is 14.4 Å². The maximum Gasteiger partial charge on any atom is 0.330 e. The molecule has 1 saturated carbocycles. The molecule has 4 amide bonds. The summed E-state index contributed by atoms with van der Waals surface area (Å²) in [5, 5.41) is 2.28. The number of hydrogen-bond donors (Lipinski definition) is 1. The summed E-state index contributed by atoms with van der Waals surface area (Å²) in [5.74, 6) is -0.791. The molecule has 7 nitrogen and oxygen atoms in total. The smallest absolute Gasteiger partial charge is 0.330 e. The molecule has 1 spiro atoms. The Kier molecular flexibility index (Phi) is 2.62. The minimum absolute atomic E-state index is 0.246. The van der Waals surface area contributed by atoms with Crippen molar-refractivity contribution in [2.24, 2.45) is 5.41 Å². The summed E-state index contributed by atoms with van der Waals surface area (Å²) in [7, 11) is 0. The summed E-state index contributed by atoms with van der Waals surface area (Å²) in [5.41, 5.74) is -0.983. The predicted molar refractivity (Wildman–Crippen MR) is 63.8 cm³/mol. The fourth-order valence-electron chi connectivity index (χ4n) is 2.54. The van der Waals surface area contributed by atoms with Crippen LogP contribution >= 0.6 is 0 Å². The van der Waals surface area contributed by atoms with Gasteiger partial charge in [0.15, 0.2) is 0 Å². The zero-order valence-corrected chi connectivity index (χ0v) is 10.3. The van der Waals surface area contributed by atoms with Crippen LogP contribution in [0.5, 0.6) is 0 Å². The molecule has 1 aromatic rings. The number of hydrogen-bond acceptors (Lipinski definition) is 4. The third-order valence-corrected chi connectivity index (χ3v) is 3.90. The molecule has 1 aliphatic carbocycles. The third kappa shape index (κ3) is 1.73. The van der Waals surface area contributed by atoms with Gasteiger partial charge in [0.1, 0.15) is 5.41 Å². The SMILES string of the molecule is O=C1NC(=O)C2(CCC2)C(=O)N1CCn1ccnc1. The first-order chi connectivity index (χ1) is 9.13. The zero-order chi connectivity index (χ0) is 13.5. The van der Waals surface area contributed by atoms with E-state index in [4.69, 9.17) is 0 Å². The van der Waals surface area contributed by atoms with Gasteiger partial charge in [-0.2, -0.15) is 0 Å². The molecule has 2 aliphatic rings. The minimum atomic E-state index is -0.983. The number of urea groups is 1. The second-order valence-corrected chi connectivity index (χ2v) is 4.95. The van der Waals surface area contributed by atoms with Gasteiger partial charge in [-0.1, -0.05) is 6.42 Å². The van der Waals surface area contributed by atoms with Gasteiger partial charge < -0.3 is 4.57 Å². The second-order valence-electron chi connectivity index (χ2n) is 4.95. The number of amides is 4. The highest BCUT2D eigenvalue weighted by Gasteiger charge is 2.57. The molecule has 0 bridgehead atoms. The lowest BCUT2D eigenvalue weighted by atomic mass is 9.66. The van der Waals surface area contributed by atoms with Crippen molar-refractivity contribution in [3.63, 3.8) is 0 Å². The Morgan fingerprint density at radius 3 is 2.63 bits per heavy atom. The van der Waals surface area contributed by atoms with Crippen molar-refractivity contribution in [3.05, 3.63) is 18.7 Å². The summed E-state index contributed by atoms with van der Waals surface area (Å²) in [6.45, 7) is 0.722. The Morgan fingerprint density at radius 2 is 2.05 bits per heavy atom. The average Bonchev–Trinajstić information content (AvgIpc) is 2.79. The van der Waals surface area contributed by atoms with E-state index in [-0.39, 0.29) is 12.5 Å². The van der Waals surface area contributed by atoms with E-state index in [2.05, 4.69) is 10.3 Å². The van der Waals surface area contributed by atoms with Crippen LogP contribution in [-0.4, -0.2) is 38.8 Å². The van der Waals surface area contributed by atoms with Gasteiger partial charge >= 0.3 is 6.03 Å². The van der Waals surface area contributed by atoms with Gasteiger partial charge in [0.2, 0.25) is 11.8 Å². The molecule has 2 fully saturated rings. The topological polar surface area (TPSA) is 84.3 Å². The van der Waals surface area contributed by atoms with Crippen molar-refractivity contribution in [2.75, 3.05) is 6.54 Å². The average molecular weight is 262 g/mol. The molecular weight excluding hydrogens is 248 g/mol. The highest BCUT2D eigenvalue weighted by molar-refractivity contribution is 6.19. The molecule has 2 heterocycles. The molecule has 1 aromatic heterocycles. The van der Waals surface area contributed by atoms with Crippen LogP contribution in [0.3, 0.4) is 0 Å². The molecule has 3 rings (SSSR count). The molecule has 0 radical (unpaired) electrons. The largest absolute Gasteiger partial charge is 0.336 e. The van der Waals surface area contributed by atoms with Crippen LogP contribution in [0.25, 0.3) is 0 Å². The summed E-state index contributed by atoms with van der Waals surface area (Å²) >= 11 is 0. The lowest BCUT2D eigenvalue weighted by molar-refractivity contribution is -0.157. The molecule has 0 atom stereocenters. The number of nitrogens with one attached hydrogen (secondary N) is 1. The van der Waals surface area contributed by atoms with E-state index in [0.29, 0.717) is 19.4 Å². The van der Waals surface area contributed by atoms with Crippen LogP contribution in [0.1, 0.15) is 19.3 Å². The van der Waals surface area contributed by atoms with E-state index in [0.717, 1.165) is 11.3 Å². The molecule has 1 aliphatic heterocycles. The molecule has 7 heteroatoms. The number of barbiturate groups is 1. The molecular formula is C12H14N4O3. The Morgan fingerprint density at radius 1 is 1.26 bits per heavy atom. The van der Waals surface area contributed by atoms with Crippen LogP contribution in [0.4, 0.5) is 4.79 Å². The first-order valence-electron chi connectivity index (χ1n) is 6.27. The number of imidazole rings is 1. The standard InChI is InChI=1S/C12H14N4O3/c17-9-12(2-1-3-12)10(18)16(11(19)14-9)7-6-15-5-4-13-8-15/h4-5,8H,1-3,6-7H2,(H,14,17,19). The fraction of sp³-hybridized carbons (Fsp3) is 0.500. The Bertz CT molecular complexity index is 533. The number of carbonyl (C=O) groups excluding carboxylic acids is 3. The number of imide groups is 2. The van der Waals surface area contributed by atoms with Crippen molar-refractivity contribution in [1.82, 2.24) is 19.8 Å². The van der Waals surface area contributed by atoms with Gasteiger partial charge in [-0.25, -0.2) is 9.78 Å².